The Morgan fingerprint density at radius 1 is 1.00 bits per heavy atom. The first kappa shape index (κ1) is 16.6. The molecule has 0 radical (unpaired) electrons. The number of benzene rings is 2. The normalized spacial score (nSPS) is 10.6. The smallest absolute Gasteiger partial charge is 0.143 e. The molecule has 0 aliphatic rings. The van der Waals surface area contributed by atoms with Gasteiger partial charge < -0.3 is 10.1 Å². The van der Waals surface area contributed by atoms with Crippen LogP contribution in [0.5, 0.6) is 5.75 Å². The Labute approximate surface area is 143 Å². The molecule has 0 saturated carbocycles. The number of nitrogens with one attached hydrogen (secondary N) is 1. The number of anilines is 1. The van der Waals surface area contributed by atoms with E-state index in [-0.39, 0.29) is 0 Å². The fourth-order valence-corrected chi connectivity index (χ4v) is 2.72. The predicted molar refractivity (Wildman–Crippen MR) is 91.5 cm³/mol. The van der Waals surface area contributed by atoms with Crippen molar-refractivity contribution in [2.75, 3.05) is 12.4 Å². The summed E-state index contributed by atoms with van der Waals surface area (Å²) in [6, 6.07) is 7.06. The molecule has 0 amide bonds. The number of aryl methyl sites for hydroxylation is 1. The van der Waals surface area contributed by atoms with E-state index in [9.17, 15) is 0 Å². The number of ether oxygens (including phenoxy) is 1. The molecule has 2 aromatic carbocycles. The summed E-state index contributed by atoms with van der Waals surface area (Å²) < 4.78 is 5.31. The summed E-state index contributed by atoms with van der Waals surface area (Å²) >= 11 is 24.4. The molecule has 0 heterocycles. The topological polar surface area (TPSA) is 21.3 Å². The first-order valence-corrected chi connectivity index (χ1v) is 7.65. The van der Waals surface area contributed by atoms with E-state index in [0.717, 1.165) is 16.8 Å². The van der Waals surface area contributed by atoms with Gasteiger partial charge in [0.05, 0.1) is 22.8 Å². The number of rotatable bonds is 4. The highest BCUT2D eigenvalue weighted by molar-refractivity contribution is 6.44. The van der Waals surface area contributed by atoms with Crippen molar-refractivity contribution in [2.24, 2.45) is 0 Å². The first-order valence-electron chi connectivity index (χ1n) is 6.14. The molecule has 0 aromatic heterocycles. The van der Waals surface area contributed by atoms with Crippen LogP contribution >= 0.6 is 46.4 Å². The van der Waals surface area contributed by atoms with E-state index in [1.807, 2.05) is 13.0 Å². The van der Waals surface area contributed by atoms with E-state index < -0.39 is 0 Å². The van der Waals surface area contributed by atoms with E-state index in [4.69, 9.17) is 51.1 Å². The van der Waals surface area contributed by atoms with Crippen LogP contribution in [0.1, 0.15) is 11.1 Å². The van der Waals surface area contributed by atoms with Crippen LogP contribution in [0, 0.1) is 6.92 Å². The van der Waals surface area contributed by atoms with Gasteiger partial charge in [0.2, 0.25) is 0 Å². The number of hydrogen-bond acceptors (Lipinski definition) is 2. The van der Waals surface area contributed by atoms with Gasteiger partial charge in [-0.2, -0.15) is 0 Å². The molecular formula is C15H13Cl4NO. The highest BCUT2D eigenvalue weighted by Gasteiger charge is 2.12. The zero-order chi connectivity index (χ0) is 15.6. The Hall–Kier alpha value is -0.800. The van der Waals surface area contributed by atoms with Crippen molar-refractivity contribution < 1.29 is 4.74 Å². The molecule has 2 nitrogen and oxygen atoms in total. The number of hydrogen-bond donors (Lipinski definition) is 1. The van der Waals surface area contributed by atoms with Gasteiger partial charge in [-0.15, -0.1) is 0 Å². The monoisotopic (exact) mass is 363 g/mol. The molecule has 112 valence electrons. The molecule has 1 N–H and O–H groups in total. The van der Waals surface area contributed by atoms with Crippen molar-refractivity contribution in [1.82, 2.24) is 0 Å². The molecule has 0 unspecified atom stereocenters. The van der Waals surface area contributed by atoms with Gasteiger partial charge in [-0.1, -0.05) is 46.4 Å². The van der Waals surface area contributed by atoms with E-state index in [0.29, 0.717) is 32.4 Å². The summed E-state index contributed by atoms with van der Waals surface area (Å²) in [5.41, 5.74) is 2.50. The summed E-state index contributed by atoms with van der Waals surface area (Å²) in [6.07, 6.45) is 0. The van der Waals surface area contributed by atoms with Gasteiger partial charge in [0.1, 0.15) is 5.75 Å². The quantitative estimate of drug-likeness (QED) is 0.649. The van der Waals surface area contributed by atoms with Crippen molar-refractivity contribution in [3.8, 4) is 5.75 Å². The van der Waals surface area contributed by atoms with E-state index in [1.165, 1.54) is 0 Å². The van der Waals surface area contributed by atoms with Gasteiger partial charge in [0, 0.05) is 28.2 Å². The van der Waals surface area contributed by atoms with Crippen LogP contribution in [0.2, 0.25) is 20.1 Å². The molecule has 0 bridgehead atoms. The van der Waals surface area contributed by atoms with Gasteiger partial charge in [-0.25, -0.2) is 0 Å². The summed E-state index contributed by atoms with van der Waals surface area (Å²) in [7, 11) is 1.59. The summed E-state index contributed by atoms with van der Waals surface area (Å²) in [4.78, 5) is 0. The van der Waals surface area contributed by atoms with Crippen molar-refractivity contribution in [2.45, 2.75) is 13.5 Å². The summed E-state index contributed by atoms with van der Waals surface area (Å²) in [6.45, 7) is 2.35. The average molecular weight is 365 g/mol. The molecule has 0 fully saturated rings. The minimum atomic E-state index is 0.426. The Morgan fingerprint density at radius 2 is 1.67 bits per heavy atom. The largest absolute Gasteiger partial charge is 0.495 e. The van der Waals surface area contributed by atoms with Gasteiger partial charge in [0.15, 0.2) is 0 Å². The first-order chi connectivity index (χ1) is 9.93. The van der Waals surface area contributed by atoms with Crippen molar-refractivity contribution in [3.63, 3.8) is 0 Å². The second kappa shape index (κ2) is 6.97. The zero-order valence-corrected chi connectivity index (χ0v) is 14.5. The standard InChI is InChI=1S/C15H13Cl4NO/c1-8-5-13(14(21-2)6-12(8)18)20-7-9-10(16)3-4-11(17)15(9)19/h3-6,20H,7H2,1-2H3. The number of methoxy groups -OCH3 is 1. The maximum atomic E-state index is 6.19. The lowest BCUT2D eigenvalue weighted by Gasteiger charge is -2.15. The highest BCUT2D eigenvalue weighted by atomic mass is 35.5. The predicted octanol–water partition coefficient (Wildman–Crippen LogP) is 6.23. The van der Waals surface area contributed by atoms with Crippen LogP contribution in [0.3, 0.4) is 0 Å². The molecule has 2 aromatic rings. The molecule has 0 aliphatic carbocycles. The summed E-state index contributed by atoms with van der Waals surface area (Å²) in [5, 5.41) is 5.37. The third-order valence-electron chi connectivity index (χ3n) is 3.08. The molecular weight excluding hydrogens is 352 g/mol. The Morgan fingerprint density at radius 3 is 2.33 bits per heavy atom. The van der Waals surface area contributed by atoms with E-state index in [1.54, 1.807) is 25.3 Å². The Bertz CT molecular complexity index is 673. The second-order valence-electron chi connectivity index (χ2n) is 4.48. The van der Waals surface area contributed by atoms with E-state index >= 15 is 0 Å². The minimum Gasteiger partial charge on any atom is -0.495 e. The van der Waals surface area contributed by atoms with Gasteiger partial charge in [-0.05, 0) is 30.7 Å². The van der Waals surface area contributed by atoms with Crippen LogP contribution < -0.4 is 10.1 Å². The van der Waals surface area contributed by atoms with Crippen molar-refractivity contribution >= 4 is 52.1 Å². The Kier molecular flexibility index (Phi) is 5.50. The second-order valence-corrected chi connectivity index (χ2v) is 6.08. The van der Waals surface area contributed by atoms with Crippen LogP contribution in [-0.4, -0.2) is 7.11 Å². The molecule has 0 spiro atoms. The minimum absolute atomic E-state index is 0.426. The molecule has 0 aliphatic heterocycles. The van der Waals surface area contributed by atoms with Crippen LogP contribution in [-0.2, 0) is 6.54 Å². The lowest BCUT2D eigenvalue weighted by atomic mass is 10.1. The third-order valence-corrected chi connectivity index (χ3v) is 4.68. The molecule has 21 heavy (non-hydrogen) atoms. The third kappa shape index (κ3) is 3.70. The van der Waals surface area contributed by atoms with Gasteiger partial charge in [0.25, 0.3) is 0 Å². The van der Waals surface area contributed by atoms with Gasteiger partial charge >= 0.3 is 0 Å². The molecule has 2 rings (SSSR count). The highest BCUT2D eigenvalue weighted by Crippen LogP contribution is 2.34. The maximum Gasteiger partial charge on any atom is 0.143 e. The van der Waals surface area contributed by atoms with Crippen molar-refractivity contribution in [3.05, 3.63) is 55.5 Å². The zero-order valence-electron chi connectivity index (χ0n) is 11.4. The summed E-state index contributed by atoms with van der Waals surface area (Å²) in [5.74, 6) is 0.653. The molecule has 0 saturated heterocycles. The lowest BCUT2D eigenvalue weighted by molar-refractivity contribution is 0.416. The molecule has 6 heteroatoms. The number of halogens is 4. The maximum absolute atomic E-state index is 6.19. The SMILES string of the molecule is COc1cc(Cl)c(C)cc1NCc1c(Cl)ccc(Cl)c1Cl. The van der Waals surface area contributed by atoms with Crippen LogP contribution in [0.25, 0.3) is 0 Å². The fourth-order valence-electron chi connectivity index (χ4n) is 1.89. The Balaban J connectivity index is 2.29. The average Bonchev–Trinajstić information content (AvgIpc) is 2.46. The molecule has 0 atom stereocenters. The lowest BCUT2D eigenvalue weighted by Crippen LogP contribution is -2.03. The van der Waals surface area contributed by atoms with Gasteiger partial charge in [-0.3, -0.25) is 0 Å². The van der Waals surface area contributed by atoms with E-state index in [2.05, 4.69) is 5.32 Å². The van der Waals surface area contributed by atoms with Crippen LogP contribution in [0.15, 0.2) is 24.3 Å². The fraction of sp³-hybridized carbons (Fsp3) is 0.200. The van der Waals surface area contributed by atoms with Crippen molar-refractivity contribution in [1.29, 1.82) is 0 Å². The van der Waals surface area contributed by atoms with Crippen LogP contribution in [0.4, 0.5) is 5.69 Å².